The summed E-state index contributed by atoms with van der Waals surface area (Å²) in [5, 5.41) is 20.6. The van der Waals surface area contributed by atoms with Crippen molar-refractivity contribution in [2.24, 2.45) is 0 Å². The number of carbonyl (C=O) groups is 3. The van der Waals surface area contributed by atoms with E-state index in [1.54, 1.807) is 6.07 Å². The fourth-order valence-electron chi connectivity index (χ4n) is 2.71. The SMILES string of the molecule is O=C(O)c1ccccc1C(=O)N(C(=O)c1cccc([N+](=O)[O-])c1)c1ncc(Br)cc1Br. The van der Waals surface area contributed by atoms with Crippen LogP contribution in [0.5, 0.6) is 0 Å². The number of hydrogen-bond donors (Lipinski definition) is 1. The Morgan fingerprint density at radius 3 is 2.26 bits per heavy atom. The first kappa shape index (κ1) is 22.2. The van der Waals surface area contributed by atoms with Gasteiger partial charge in [0.15, 0.2) is 5.82 Å². The summed E-state index contributed by atoms with van der Waals surface area (Å²) in [4.78, 5) is 53.5. The third-order valence-electron chi connectivity index (χ3n) is 4.10. The second kappa shape index (κ2) is 9.14. The van der Waals surface area contributed by atoms with E-state index in [4.69, 9.17) is 0 Å². The van der Waals surface area contributed by atoms with Crippen molar-refractivity contribution in [3.8, 4) is 0 Å². The highest BCUT2D eigenvalue weighted by molar-refractivity contribution is 9.11. The predicted molar refractivity (Wildman–Crippen MR) is 117 cm³/mol. The van der Waals surface area contributed by atoms with Crippen LogP contribution < -0.4 is 4.90 Å². The first-order chi connectivity index (χ1) is 14.7. The van der Waals surface area contributed by atoms with E-state index in [-0.39, 0.29) is 32.7 Å². The van der Waals surface area contributed by atoms with Crippen LogP contribution in [0.15, 0.2) is 69.7 Å². The highest BCUT2D eigenvalue weighted by Gasteiger charge is 2.31. The Balaban J connectivity index is 2.20. The molecular weight excluding hydrogens is 538 g/mol. The molecule has 2 aromatic carbocycles. The molecule has 0 aliphatic heterocycles. The van der Waals surface area contributed by atoms with Gasteiger partial charge in [-0.1, -0.05) is 18.2 Å². The van der Waals surface area contributed by atoms with Gasteiger partial charge in [0.05, 0.1) is 20.5 Å². The zero-order valence-electron chi connectivity index (χ0n) is 15.4. The molecule has 11 heteroatoms. The Hall–Kier alpha value is -3.44. The highest BCUT2D eigenvalue weighted by Crippen LogP contribution is 2.30. The van der Waals surface area contributed by atoms with E-state index < -0.39 is 22.7 Å². The van der Waals surface area contributed by atoms with Gasteiger partial charge in [0.25, 0.3) is 17.5 Å². The number of aromatic carboxylic acids is 1. The molecule has 0 aliphatic rings. The molecule has 0 fully saturated rings. The van der Waals surface area contributed by atoms with Gasteiger partial charge in [-0.05, 0) is 56.1 Å². The van der Waals surface area contributed by atoms with Crippen molar-refractivity contribution in [2.45, 2.75) is 0 Å². The largest absolute Gasteiger partial charge is 0.478 e. The lowest BCUT2D eigenvalue weighted by molar-refractivity contribution is -0.384. The molecule has 31 heavy (non-hydrogen) atoms. The van der Waals surface area contributed by atoms with E-state index in [1.807, 2.05) is 0 Å². The highest BCUT2D eigenvalue weighted by atomic mass is 79.9. The third-order valence-corrected chi connectivity index (χ3v) is 5.12. The van der Waals surface area contributed by atoms with Gasteiger partial charge in [0, 0.05) is 28.4 Å². The number of carboxylic acids is 1. The Morgan fingerprint density at radius 1 is 0.968 bits per heavy atom. The molecule has 1 N–H and O–H groups in total. The molecule has 0 bridgehead atoms. The van der Waals surface area contributed by atoms with Gasteiger partial charge < -0.3 is 5.11 Å². The summed E-state index contributed by atoms with van der Waals surface area (Å²) in [6.07, 6.45) is 1.35. The minimum Gasteiger partial charge on any atom is -0.478 e. The maximum Gasteiger partial charge on any atom is 0.336 e. The normalized spacial score (nSPS) is 10.4. The molecule has 0 radical (unpaired) electrons. The molecule has 0 saturated heterocycles. The summed E-state index contributed by atoms with van der Waals surface area (Å²) in [5.74, 6) is -3.33. The Bertz CT molecular complexity index is 1230. The smallest absolute Gasteiger partial charge is 0.336 e. The fraction of sp³-hybridized carbons (Fsp3) is 0. The third kappa shape index (κ3) is 4.67. The molecular formula is C20H11Br2N3O6. The lowest BCUT2D eigenvalue weighted by Gasteiger charge is -2.22. The van der Waals surface area contributed by atoms with Gasteiger partial charge in [-0.3, -0.25) is 19.7 Å². The quantitative estimate of drug-likeness (QED) is 0.278. The molecule has 1 heterocycles. The standard InChI is InChI=1S/C20H11Br2N3O6/c21-12-9-16(22)17(23-10-12)24(18(26)11-4-3-5-13(8-11)25(30)31)19(27)14-6-1-2-7-15(14)20(28)29/h1-10H,(H,28,29). The summed E-state index contributed by atoms with van der Waals surface area (Å²) >= 11 is 6.48. The van der Waals surface area contributed by atoms with Crippen LogP contribution in [0.3, 0.4) is 0 Å². The summed E-state index contributed by atoms with van der Waals surface area (Å²) in [6, 6.07) is 11.8. The Morgan fingerprint density at radius 2 is 1.65 bits per heavy atom. The van der Waals surface area contributed by atoms with Gasteiger partial charge in [-0.15, -0.1) is 0 Å². The number of nitro groups is 1. The minimum atomic E-state index is -1.35. The number of pyridine rings is 1. The topological polar surface area (TPSA) is 131 Å². The molecule has 3 rings (SSSR count). The molecule has 2 amide bonds. The maximum absolute atomic E-state index is 13.4. The molecule has 0 unspecified atom stereocenters. The number of aromatic nitrogens is 1. The predicted octanol–water partition coefficient (Wildman–Crippen LogP) is 4.70. The van der Waals surface area contributed by atoms with E-state index in [0.717, 1.165) is 6.07 Å². The van der Waals surface area contributed by atoms with Crippen LogP contribution in [0.25, 0.3) is 0 Å². The molecule has 156 valence electrons. The molecule has 1 aromatic heterocycles. The average molecular weight is 549 g/mol. The van der Waals surface area contributed by atoms with E-state index in [0.29, 0.717) is 9.37 Å². The Kier molecular flexibility index (Phi) is 6.56. The van der Waals surface area contributed by atoms with Crippen LogP contribution in [0.2, 0.25) is 0 Å². The van der Waals surface area contributed by atoms with Crippen LogP contribution in [-0.4, -0.2) is 32.8 Å². The van der Waals surface area contributed by atoms with Crippen LogP contribution in [-0.2, 0) is 0 Å². The second-order valence-corrected chi connectivity index (χ2v) is 7.83. The molecule has 0 atom stereocenters. The van der Waals surface area contributed by atoms with Gasteiger partial charge >= 0.3 is 5.97 Å². The van der Waals surface area contributed by atoms with Gasteiger partial charge in [0.1, 0.15) is 0 Å². The maximum atomic E-state index is 13.4. The summed E-state index contributed by atoms with van der Waals surface area (Å²) in [6.45, 7) is 0. The van der Waals surface area contributed by atoms with Gasteiger partial charge in [-0.25, -0.2) is 14.7 Å². The number of anilines is 1. The number of hydrogen-bond acceptors (Lipinski definition) is 6. The van der Waals surface area contributed by atoms with E-state index in [2.05, 4.69) is 36.8 Å². The number of amides is 2. The zero-order chi connectivity index (χ0) is 22.7. The lowest BCUT2D eigenvalue weighted by atomic mass is 10.1. The van der Waals surface area contributed by atoms with E-state index >= 15 is 0 Å². The van der Waals surface area contributed by atoms with Crippen molar-refractivity contribution < 1.29 is 24.4 Å². The van der Waals surface area contributed by atoms with Crippen LogP contribution in [0.1, 0.15) is 31.1 Å². The number of carboxylic acid groups (broad SMARTS) is 1. The molecule has 0 aliphatic carbocycles. The number of carbonyl (C=O) groups excluding carboxylic acids is 2. The zero-order valence-corrected chi connectivity index (χ0v) is 18.5. The van der Waals surface area contributed by atoms with Crippen LogP contribution in [0.4, 0.5) is 11.5 Å². The van der Waals surface area contributed by atoms with Gasteiger partial charge in [-0.2, -0.15) is 0 Å². The van der Waals surface area contributed by atoms with Crippen molar-refractivity contribution in [3.63, 3.8) is 0 Å². The molecule has 3 aromatic rings. The van der Waals surface area contributed by atoms with Crippen molar-refractivity contribution in [3.05, 3.63) is 96.5 Å². The second-order valence-electron chi connectivity index (χ2n) is 6.06. The van der Waals surface area contributed by atoms with Crippen molar-refractivity contribution in [1.29, 1.82) is 0 Å². The van der Waals surface area contributed by atoms with E-state index in [1.165, 1.54) is 48.7 Å². The van der Waals surface area contributed by atoms with Crippen LogP contribution >= 0.6 is 31.9 Å². The first-order valence-corrected chi connectivity index (χ1v) is 10.1. The number of halogens is 2. The van der Waals surface area contributed by atoms with Crippen molar-refractivity contribution in [2.75, 3.05) is 4.90 Å². The monoisotopic (exact) mass is 547 g/mol. The number of nitro benzene ring substituents is 1. The first-order valence-electron chi connectivity index (χ1n) is 8.47. The number of imide groups is 1. The average Bonchev–Trinajstić information content (AvgIpc) is 2.75. The minimum absolute atomic E-state index is 0.107. The van der Waals surface area contributed by atoms with E-state index in [9.17, 15) is 29.6 Å². The number of benzene rings is 2. The lowest BCUT2D eigenvalue weighted by Crippen LogP contribution is -2.38. The summed E-state index contributed by atoms with van der Waals surface area (Å²) < 4.78 is 0.825. The summed E-state index contributed by atoms with van der Waals surface area (Å²) in [5.41, 5.74) is -1.04. The molecule has 9 nitrogen and oxygen atoms in total. The number of nitrogens with zero attached hydrogens (tertiary/aromatic N) is 3. The van der Waals surface area contributed by atoms with Crippen molar-refractivity contribution >= 4 is 61.1 Å². The number of non-ortho nitro benzene ring substituents is 1. The molecule has 0 spiro atoms. The fourth-order valence-corrected chi connectivity index (χ4v) is 3.88. The Labute approximate surface area is 191 Å². The van der Waals surface area contributed by atoms with Crippen LogP contribution in [0, 0.1) is 10.1 Å². The number of rotatable bonds is 5. The van der Waals surface area contributed by atoms with Gasteiger partial charge in [0.2, 0.25) is 0 Å². The van der Waals surface area contributed by atoms with Crippen molar-refractivity contribution in [1.82, 2.24) is 4.98 Å². The molecule has 0 saturated carbocycles. The summed E-state index contributed by atoms with van der Waals surface area (Å²) in [7, 11) is 0.